The van der Waals surface area contributed by atoms with E-state index in [4.69, 9.17) is 11.5 Å². The molecule has 16 heavy (non-hydrogen) atoms. The van der Waals surface area contributed by atoms with Gasteiger partial charge in [-0.05, 0) is 12.3 Å². The van der Waals surface area contributed by atoms with Gasteiger partial charge < -0.3 is 11.1 Å². The van der Waals surface area contributed by atoms with E-state index in [0.717, 1.165) is 6.42 Å². The number of carbonyl (C=O) groups excluding carboxylic acids is 1. The van der Waals surface area contributed by atoms with E-state index in [-0.39, 0.29) is 0 Å². The van der Waals surface area contributed by atoms with Crippen molar-refractivity contribution in [2.45, 2.75) is 43.5 Å². The minimum absolute atomic E-state index is 0.395. The molecule has 0 aromatic carbocycles. The van der Waals surface area contributed by atoms with Crippen molar-refractivity contribution in [2.75, 3.05) is 0 Å². The van der Waals surface area contributed by atoms with Crippen molar-refractivity contribution < 1.29 is 4.79 Å². The molecule has 0 spiro atoms. The average Bonchev–Trinajstić information content (AvgIpc) is 2.62. The highest BCUT2D eigenvalue weighted by molar-refractivity contribution is 8.05. The Balaban J connectivity index is 1.88. The number of amides is 1. The van der Waals surface area contributed by atoms with Crippen LogP contribution in [0.2, 0.25) is 0 Å². The first-order valence-electron chi connectivity index (χ1n) is 5.85. The van der Waals surface area contributed by atoms with Gasteiger partial charge in [-0.1, -0.05) is 43.9 Å². The number of nitrogens with two attached hydrogens (primary N) is 2. The molecule has 0 aromatic rings. The molecule has 5 N–H and O–H groups in total. The number of carbonyl (C=O) groups is 1. The van der Waals surface area contributed by atoms with E-state index in [0.29, 0.717) is 10.8 Å². The van der Waals surface area contributed by atoms with Gasteiger partial charge >= 0.3 is 0 Å². The Kier molecular flexibility index (Phi) is 3.44. The summed E-state index contributed by atoms with van der Waals surface area (Å²) in [6.07, 6.45) is 9.03. The Hall–Kier alpha value is -0.680. The van der Waals surface area contributed by atoms with Gasteiger partial charge in [0, 0.05) is 6.20 Å². The van der Waals surface area contributed by atoms with E-state index in [9.17, 15) is 4.79 Å². The zero-order valence-electron chi connectivity index (χ0n) is 9.37. The van der Waals surface area contributed by atoms with Crippen molar-refractivity contribution in [1.29, 1.82) is 0 Å². The second-order valence-electron chi connectivity index (χ2n) is 4.72. The summed E-state index contributed by atoms with van der Waals surface area (Å²) in [5.41, 5.74) is 11.4. The van der Waals surface area contributed by atoms with E-state index < -0.39 is 10.9 Å². The topological polar surface area (TPSA) is 81.1 Å². The summed E-state index contributed by atoms with van der Waals surface area (Å²) in [5.74, 6) is 0.285. The first kappa shape index (κ1) is 11.8. The third-order valence-electron chi connectivity index (χ3n) is 3.30. The van der Waals surface area contributed by atoms with Crippen LogP contribution in [0, 0.1) is 5.92 Å². The van der Waals surface area contributed by atoms with E-state index in [2.05, 4.69) is 5.32 Å². The molecule has 0 radical (unpaired) electrons. The van der Waals surface area contributed by atoms with Crippen molar-refractivity contribution >= 4 is 17.7 Å². The quantitative estimate of drug-likeness (QED) is 0.694. The zero-order valence-corrected chi connectivity index (χ0v) is 10.2. The van der Waals surface area contributed by atoms with Crippen LogP contribution in [0.25, 0.3) is 0 Å². The van der Waals surface area contributed by atoms with Crippen LogP contribution in [0.1, 0.15) is 38.5 Å². The summed E-state index contributed by atoms with van der Waals surface area (Å²) in [7, 11) is 0. The molecule has 0 bridgehead atoms. The largest absolute Gasteiger partial charge is 0.365 e. The normalized spacial score (nSPS) is 30.9. The van der Waals surface area contributed by atoms with Crippen LogP contribution in [0.4, 0.5) is 0 Å². The molecule has 2 rings (SSSR count). The predicted octanol–water partition coefficient (Wildman–Crippen LogP) is 1.23. The molecule has 1 aliphatic carbocycles. The van der Waals surface area contributed by atoms with E-state index in [1.54, 1.807) is 6.20 Å². The molecule has 0 aromatic heterocycles. The molecule has 4 nitrogen and oxygen atoms in total. The molecule has 1 heterocycles. The van der Waals surface area contributed by atoms with Gasteiger partial charge in [0.2, 0.25) is 0 Å². The zero-order chi connectivity index (χ0) is 11.6. The molecular weight excluding hydrogens is 222 g/mol. The maximum atomic E-state index is 11.0. The van der Waals surface area contributed by atoms with Crippen LogP contribution in [0.3, 0.4) is 0 Å². The highest BCUT2D eigenvalue weighted by Crippen LogP contribution is 2.39. The number of nitrogens with one attached hydrogen (secondary N) is 1. The fourth-order valence-electron chi connectivity index (χ4n) is 2.48. The molecule has 1 unspecified atom stereocenters. The lowest BCUT2D eigenvalue weighted by molar-refractivity contribution is -0.113. The van der Waals surface area contributed by atoms with Gasteiger partial charge in [-0.15, -0.1) is 0 Å². The Morgan fingerprint density at radius 2 is 2.19 bits per heavy atom. The summed E-state index contributed by atoms with van der Waals surface area (Å²) < 4.78 is 0. The number of primary amides is 1. The van der Waals surface area contributed by atoms with Crippen LogP contribution < -0.4 is 16.8 Å². The van der Waals surface area contributed by atoms with Crippen LogP contribution in [-0.2, 0) is 4.79 Å². The van der Waals surface area contributed by atoms with Gasteiger partial charge in [0.15, 0.2) is 0 Å². The number of thioether (sulfide) groups is 1. The standard InChI is InChI=1S/C11H19N3OS/c12-10(15)9-7-14-11(13,16-9)6-8-4-2-1-3-5-8/h7-8,14H,1-6,13H2,(H2,12,15). The number of hydrogen-bond acceptors (Lipinski definition) is 4. The molecule has 1 amide bonds. The van der Waals surface area contributed by atoms with E-state index >= 15 is 0 Å². The summed E-state index contributed by atoms with van der Waals surface area (Å²) in [4.78, 5) is 11.0. The third kappa shape index (κ3) is 2.71. The molecule has 1 fully saturated rings. The third-order valence-corrected chi connectivity index (χ3v) is 4.49. The fourth-order valence-corrected chi connectivity index (χ4v) is 3.53. The second-order valence-corrected chi connectivity index (χ2v) is 6.09. The maximum absolute atomic E-state index is 11.0. The van der Waals surface area contributed by atoms with Crippen molar-refractivity contribution in [3.05, 3.63) is 11.1 Å². The fraction of sp³-hybridized carbons (Fsp3) is 0.727. The minimum Gasteiger partial charge on any atom is -0.365 e. The van der Waals surface area contributed by atoms with E-state index in [1.165, 1.54) is 43.9 Å². The monoisotopic (exact) mass is 241 g/mol. The van der Waals surface area contributed by atoms with Crippen molar-refractivity contribution in [1.82, 2.24) is 5.32 Å². The summed E-state index contributed by atoms with van der Waals surface area (Å²) in [6.45, 7) is 0. The lowest BCUT2D eigenvalue weighted by atomic mass is 9.86. The van der Waals surface area contributed by atoms with Crippen molar-refractivity contribution in [2.24, 2.45) is 17.4 Å². The molecule has 1 saturated carbocycles. The molecule has 0 saturated heterocycles. The van der Waals surface area contributed by atoms with Crippen LogP contribution >= 0.6 is 11.8 Å². The summed E-state index contributed by atoms with van der Waals surface area (Å²) in [5, 5.41) is 3.09. The maximum Gasteiger partial charge on any atom is 0.256 e. The number of rotatable bonds is 3. The van der Waals surface area contributed by atoms with Gasteiger partial charge in [0.05, 0.1) is 4.91 Å². The van der Waals surface area contributed by atoms with Crippen LogP contribution in [-0.4, -0.2) is 10.9 Å². The minimum atomic E-state index is -0.521. The molecule has 2 aliphatic rings. The molecular formula is C11H19N3OS. The first-order chi connectivity index (χ1) is 7.59. The number of hydrogen-bond donors (Lipinski definition) is 3. The molecule has 1 aliphatic heterocycles. The van der Waals surface area contributed by atoms with Gasteiger partial charge in [-0.2, -0.15) is 0 Å². The summed E-state index contributed by atoms with van der Waals surface area (Å²) in [6, 6.07) is 0. The Morgan fingerprint density at radius 1 is 1.50 bits per heavy atom. The molecule has 1 atom stereocenters. The van der Waals surface area contributed by atoms with Gasteiger partial charge in [0.25, 0.3) is 5.91 Å². The van der Waals surface area contributed by atoms with Crippen molar-refractivity contribution in [3.8, 4) is 0 Å². The Labute approximate surface area is 100 Å². The molecule has 5 heteroatoms. The van der Waals surface area contributed by atoms with E-state index in [1.807, 2.05) is 0 Å². The second kappa shape index (κ2) is 4.67. The SMILES string of the molecule is NC(=O)C1=CNC(N)(CC2CCCCC2)S1. The van der Waals surface area contributed by atoms with Gasteiger partial charge in [-0.3, -0.25) is 10.5 Å². The first-order valence-corrected chi connectivity index (χ1v) is 6.66. The lowest BCUT2D eigenvalue weighted by Gasteiger charge is -2.31. The van der Waals surface area contributed by atoms with Crippen LogP contribution in [0.15, 0.2) is 11.1 Å². The van der Waals surface area contributed by atoms with Gasteiger partial charge in [0.1, 0.15) is 4.99 Å². The Bertz CT molecular complexity index is 312. The average molecular weight is 241 g/mol. The smallest absolute Gasteiger partial charge is 0.256 e. The van der Waals surface area contributed by atoms with Crippen molar-refractivity contribution in [3.63, 3.8) is 0 Å². The lowest BCUT2D eigenvalue weighted by Crippen LogP contribution is -2.47. The molecule has 90 valence electrons. The van der Waals surface area contributed by atoms with Gasteiger partial charge in [-0.25, -0.2) is 0 Å². The predicted molar refractivity (Wildman–Crippen MR) is 66.1 cm³/mol. The van der Waals surface area contributed by atoms with Crippen LogP contribution in [0.5, 0.6) is 0 Å². The highest BCUT2D eigenvalue weighted by Gasteiger charge is 2.35. The summed E-state index contributed by atoms with van der Waals surface area (Å²) >= 11 is 1.37. The Morgan fingerprint density at radius 3 is 2.75 bits per heavy atom. The highest BCUT2D eigenvalue weighted by atomic mass is 32.2.